The molecule has 2 nitrogen and oxygen atoms in total. The number of hydrogen-bond acceptors (Lipinski definition) is 1. The molecule has 0 aliphatic carbocycles. The molecule has 0 aliphatic heterocycles. The summed E-state index contributed by atoms with van der Waals surface area (Å²) in [6.07, 6.45) is 4.96. The van der Waals surface area contributed by atoms with Crippen molar-refractivity contribution in [2.45, 2.75) is 46.1 Å². The van der Waals surface area contributed by atoms with E-state index >= 15 is 0 Å². The van der Waals surface area contributed by atoms with Gasteiger partial charge in [0.15, 0.2) is 0 Å². The van der Waals surface area contributed by atoms with Gasteiger partial charge in [0.2, 0.25) is 0 Å². The lowest BCUT2D eigenvalue weighted by molar-refractivity contribution is 0.476. The second kappa shape index (κ2) is 7.31. The van der Waals surface area contributed by atoms with Crippen molar-refractivity contribution in [2.75, 3.05) is 0 Å². The molecule has 0 atom stereocenters. The summed E-state index contributed by atoms with van der Waals surface area (Å²) in [6, 6.07) is 13.6. The Balaban J connectivity index is 2.09. The largest absolute Gasteiger partial charge is 0.508 e. The average molecular weight is 342 g/mol. The fourth-order valence-electron chi connectivity index (χ4n) is 3.44. The number of hydrogen-bond donors (Lipinski definition) is 1. The Hall–Kier alpha value is -1.93. The van der Waals surface area contributed by atoms with Crippen molar-refractivity contribution in [1.29, 1.82) is 0 Å². The molecule has 0 saturated carbocycles. The van der Waals surface area contributed by atoms with Gasteiger partial charge >= 0.3 is 0 Å². The van der Waals surface area contributed by atoms with Crippen LogP contribution in [0.2, 0.25) is 5.02 Å². The fraction of sp³-hybridized carbons (Fsp3) is 0.333. The smallest absolute Gasteiger partial charge is 0.116 e. The Morgan fingerprint density at radius 1 is 1.00 bits per heavy atom. The van der Waals surface area contributed by atoms with E-state index in [0.29, 0.717) is 5.75 Å². The van der Waals surface area contributed by atoms with Gasteiger partial charge in [0, 0.05) is 33.7 Å². The lowest BCUT2D eigenvalue weighted by Gasteiger charge is -2.09. The monoisotopic (exact) mass is 341 g/mol. The van der Waals surface area contributed by atoms with Gasteiger partial charge in [0.05, 0.1) is 0 Å². The second-order valence-corrected chi connectivity index (χ2v) is 6.82. The van der Waals surface area contributed by atoms with Crippen molar-refractivity contribution in [3.63, 3.8) is 0 Å². The van der Waals surface area contributed by atoms with Gasteiger partial charge in [-0.3, -0.25) is 0 Å². The molecule has 0 saturated heterocycles. The summed E-state index contributed by atoms with van der Waals surface area (Å²) < 4.78 is 2.38. The maximum Gasteiger partial charge on any atom is 0.116 e. The van der Waals surface area contributed by atoms with Crippen molar-refractivity contribution >= 4 is 22.5 Å². The number of fused-ring (bicyclic) bond motifs is 1. The molecule has 24 heavy (non-hydrogen) atoms. The number of rotatable bonds is 6. The normalized spacial score (nSPS) is 11.3. The van der Waals surface area contributed by atoms with E-state index in [-0.39, 0.29) is 0 Å². The molecule has 3 heteroatoms. The summed E-state index contributed by atoms with van der Waals surface area (Å²) >= 11 is 6.04. The Morgan fingerprint density at radius 3 is 2.46 bits per heavy atom. The molecule has 2 aromatic carbocycles. The first-order valence-electron chi connectivity index (χ1n) is 8.69. The van der Waals surface area contributed by atoms with Crippen molar-refractivity contribution in [3.8, 4) is 16.9 Å². The fourth-order valence-corrected chi connectivity index (χ4v) is 3.56. The minimum absolute atomic E-state index is 0.306. The Kier molecular flexibility index (Phi) is 5.15. The Bertz CT molecular complexity index is 833. The molecule has 3 aromatic rings. The van der Waals surface area contributed by atoms with Gasteiger partial charge in [-0.1, -0.05) is 49.9 Å². The van der Waals surface area contributed by atoms with Crippen LogP contribution in [0.5, 0.6) is 5.75 Å². The van der Waals surface area contributed by atoms with Crippen LogP contribution in [-0.4, -0.2) is 9.67 Å². The van der Waals surface area contributed by atoms with Gasteiger partial charge < -0.3 is 9.67 Å². The molecule has 0 radical (unpaired) electrons. The van der Waals surface area contributed by atoms with Crippen LogP contribution in [-0.2, 0) is 6.54 Å². The molecule has 1 N–H and O–H groups in total. The Morgan fingerprint density at radius 2 is 1.75 bits per heavy atom. The molecule has 1 heterocycles. The zero-order chi connectivity index (χ0) is 17.1. The van der Waals surface area contributed by atoms with Crippen molar-refractivity contribution in [2.24, 2.45) is 0 Å². The number of phenolic OH excluding ortho intramolecular Hbond substituents is 1. The lowest BCUT2D eigenvalue weighted by Crippen LogP contribution is -2.00. The predicted molar refractivity (Wildman–Crippen MR) is 103 cm³/mol. The van der Waals surface area contributed by atoms with Crippen LogP contribution in [0, 0.1) is 6.92 Å². The Labute approximate surface area is 148 Å². The molecule has 126 valence electrons. The average Bonchev–Trinajstić information content (AvgIpc) is 2.84. The van der Waals surface area contributed by atoms with Gasteiger partial charge in [-0.2, -0.15) is 0 Å². The van der Waals surface area contributed by atoms with Crippen molar-refractivity contribution < 1.29 is 5.11 Å². The molecule has 0 bridgehead atoms. The summed E-state index contributed by atoms with van der Waals surface area (Å²) in [5.41, 5.74) is 4.76. The highest BCUT2D eigenvalue weighted by atomic mass is 35.5. The summed E-state index contributed by atoms with van der Waals surface area (Å²) in [5, 5.41) is 11.8. The van der Waals surface area contributed by atoms with Crippen molar-refractivity contribution in [1.82, 2.24) is 4.57 Å². The van der Waals surface area contributed by atoms with Gasteiger partial charge in [-0.15, -0.1) is 0 Å². The van der Waals surface area contributed by atoms with Crippen LogP contribution in [0.25, 0.3) is 22.0 Å². The molecule has 0 spiro atoms. The van der Waals surface area contributed by atoms with E-state index in [9.17, 15) is 5.11 Å². The van der Waals surface area contributed by atoms with E-state index in [4.69, 9.17) is 11.6 Å². The third-order valence-electron chi connectivity index (χ3n) is 4.68. The summed E-state index contributed by atoms with van der Waals surface area (Å²) in [6.45, 7) is 5.42. The van der Waals surface area contributed by atoms with E-state index in [1.54, 1.807) is 6.07 Å². The van der Waals surface area contributed by atoms with E-state index in [1.165, 1.54) is 42.5 Å². The molecule has 0 unspecified atom stereocenters. The van der Waals surface area contributed by atoms with E-state index in [0.717, 1.165) is 22.5 Å². The number of benzene rings is 2. The summed E-state index contributed by atoms with van der Waals surface area (Å²) in [7, 11) is 0. The number of phenols is 1. The minimum atomic E-state index is 0.306. The standard InChI is InChI=1S/C21H24ClNO/c1-3-4-5-6-13-23-15(2)21(16-7-9-17(22)10-8-16)19-14-18(24)11-12-20(19)23/h7-12,14,24H,3-6,13H2,1-2H3. The first-order valence-corrected chi connectivity index (χ1v) is 9.07. The van der Waals surface area contributed by atoms with Crippen LogP contribution in [0.4, 0.5) is 0 Å². The maximum atomic E-state index is 9.96. The van der Waals surface area contributed by atoms with Crippen LogP contribution in [0.15, 0.2) is 42.5 Å². The van der Waals surface area contributed by atoms with E-state index < -0.39 is 0 Å². The van der Waals surface area contributed by atoms with Crippen LogP contribution in [0.1, 0.15) is 38.3 Å². The highest BCUT2D eigenvalue weighted by Crippen LogP contribution is 2.37. The van der Waals surface area contributed by atoms with Crippen LogP contribution >= 0.6 is 11.6 Å². The predicted octanol–water partition coefficient (Wildman–Crippen LogP) is 6.56. The minimum Gasteiger partial charge on any atom is -0.508 e. The van der Waals surface area contributed by atoms with E-state index in [2.05, 4.69) is 30.5 Å². The summed E-state index contributed by atoms with van der Waals surface area (Å²) in [4.78, 5) is 0. The molecule has 0 aliphatic rings. The van der Waals surface area contributed by atoms with Crippen LogP contribution in [0.3, 0.4) is 0 Å². The topological polar surface area (TPSA) is 25.2 Å². The second-order valence-electron chi connectivity index (χ2n) is 6.38. The first-order chi connectivity index (χ1) is 11.6. The first kappa shape index (κ1) is 16.9. The molecule has 1 aromatic heterocycles. The molecule has 0 fully saturated rings. The molecular formula is C21H24ClNO. The van der Waals surface area contributed by atoms with Gasteiger partial charge in [-0.05, 0) is 49.2 Å². The highest BCUT2D eigenvalue weighted by Gasteiger charge is 2.16. The number of aryl methyl sites for hydroxylation is 1. The number of nitrogens with zero attached hydrogens (tertiary/aromatic N) is 1. The zero-order valence-corrected chi connectivity index (χ0v) is 15.1. The van der Waals surface area contributed by atoms with Crippen LogP contribution < -0.4 is 0 Å². The number of aromatic nitrogens is 1. The van der Waals surface area contributed by atoms with Crippen molar-refractivity contribution in [3.05, 3.63) is 53.2 Å². The third-order valence-corrected chi connectivity index (χ3v) is 4.93. The number of aromatic hydroxyl groups is 1. The molecular weight excluding hydrogens is 318 g/mol. The molecule has 0 amide bonds. The quantitative estimate of drug-likeness (QED) is 0.505. The lowest BCUT2D eigenvalue weighted by atomic mass is 10.0. The SMILES string of the molecule is CCCCCCn1c(C)c(-c2ccc(Cl)cc2)c2cc(O)ccc21. The van der Waals surface area contributed by atoms with E-state index in [1.807, 2.05) is 24.3 Å². The summed E-state index contributed by atoms with van der Waals surface area (Å²) in [5.74, 6) is 0.306. The third kappa shape index (κ3) is 3.29. The van der Waals surface area contributed by atoms with Gasteiger partial charge in [0.1, 0.15) is 5.75 Å². The zero-order valence-electron chi connectivity index (χ0n) is 14.3. The maximum absolute atomic E-state index is 9.96. The molecule has 3 rings (SSSR count). The van der Waals surface area contributed by atoms with Gasteiger partial charge in [0.25, 0.3) is 0 Å². The number of unbranched alkanes of at least 4 members (excludes halogenated alkanes) is 3. The number of halogens is 1. The highest BCUT2D eigenvalue weighted by molar-refractivity contribution is 6.30. The van der Waals surface area contributed by atoms with Gasteiger partial charge in [-0.25, -0.2) is 0 Å².